The topological polar surface area (TPSA) is 82.2 Å². The highest BCUT2D eigenvalue weighted by molar-refractivity contribution is 6.33. The van der Waals surface area contributed by atoms with Crippen LogP contribution in [0.5, 0.6) is 0 Å². The van der Waals surface area contributed by atoms with Gasteiger partial charge in [-0.25, -0.2) is 9.37 Å². The summed E-state index contributed by atoms with van der Waals surface area (Å²) in [6.45, 7) is 9.99. The van der Waals surface area contributed by atoms with Gasteiger partial charge >= 0.3 is 0 Å². The summed E-state index contributed by atoms with van der Waals surface area (Å²) in [7, 11) is 1.48. The van der Waals surface area contributed by atoms with Crippen molar-refractivity contribution in [3.63, 3.8) is 0 Å². The minimum atomic E-state index is -0.595. The zero-order valence-electron chi connectivity index (χ0n) is 21.2. The molecule has 3 aromatic rings. The van der Waals surface area contributed by atoms with Crippen LogP contribution in [0.1, 0.15) is 56.5 Å². The maximum atomic E-state index is 14.6. The first kappa shape index (κ1) is 25.7. The van der Waals surface area contributed by atoms with Crippen LogP contribution in [0.25, 0.3) is 0 Å². The van der Waals surface area contributed by atoms with Crippen LogP contribution in [-0.4, -0.2) is 35.5 Å². The number of hydrogen-bond acceptors (Lipinski definition) is 6. The van der Waals surface area contributed by atoms with E-state index in [-0.39, 0.29) is 27.5 Å². The van der Waals surface area contributed by atoms with Gasteiger partial charge in [0.05, 0.1) is 17.4 Å². The highest BCUT2D eigenvalue weighted by atomic mass is 35.5. The van der Waals surface area contributed by atoms with E-state index in [1.54, 1.807) is 0 Å². The van der Waals surface area contributed by atoms with Crippen molar-refractivity contribution in [3.8, 4) is 0 Å². The number of amides is 1. The molecule has 1 amide bonds. The highest BCUT2D eigenvalue weighted by Gasteiger charge is 2.30. The molecule has 1 aromatic heterocycles. The second-order valence-electron chi connectivity index (χ2n) is 9.89. The molecule has 3 N–H and O–H groups in total. The average Bonchev–Trinajstić information content (AvgIpc) is 2.97. The number of nitrogens with one attached hydrogen (secondary N) is 3. The minimum Gasteiger partial charge on any atom is -0.369 e. The Labute approximate surface area is 216 Å². The molecule has 4 rings (SSSR count). The van der Waals surface area contributed by atoms with Crippen LogP contribution in [0, 0.1) is 5.82 Å². The van der Waals surface area contributed by atoms with Crippen LogP contribution < -0.4 is 20.9 Å². The van der Waals surface area contributed by atoms with E-state index >= 15 is 0 Å². The number of fused-ring (bicyclic) bond motifs is 1. The molecule has 0 unspecified atom stereocenters. The van der Waals surface area contributed by atoms with Crippen molar-refractivity contribution in [2.75, 3.05) is 29.1 Å². The molecular weight excluding hydrogens is 479 g/mol. The Morgan fingerprint density at radius 2 is 1.97 bits per heavy atom. The smallest absolute Gasteiger partial charge is 0.253 e. The van der Waals surface area contributed by atoms with Gasteiger partial charge in [-0.1, -0.05) is 37.6 Å². The fourth-order valence-corrected chi connectivity index (χ4v) is 4.78. The van der Waals surface area contributed by atoms with Crippen LogP contribution in [0.2, 0.25) is 5.02 Å². The van der Waals surface area contributed by atoms with E-state index in [0.717, 1.165) is 25.1 Å². The van der Waals surface area contributed by atoms with Crippen molar-refractivity contribution in [2.24, 2.45) is 0 Å². The van der Waals surface area contributed by atoms with Crippen molar-refractivity contribution in [2.45, 2.75) is 52.0 Å². The lowest BCUT2D eigenvalue weighted by Gasteiger charge is -2.32. The Hall–Kier alpha value is -3.39. The van der Waals surface area contributed by atoms with Crippen LogP contribution in [-0.2, 0) is 5.41 Å². The summed E-state index contributed by atoms with van der Waals surface area (Å²) >= 11 is 6.32. The molecule has 2 aromatic carbocycles. The SMILES string of the molecule is CNC(=O)c1cccc(F)c1Nc1nc(Nc2ccc3c(c2)N(C(C)C)CCCC3(C)C)ncc1Cl. The Morgan fingerprint density at radius 1 is 1.19 bits per heavy atom. The summed E-state index contributed by atoms with van der Waals surface area (Å²) in [5.74, 6) is -0.543. The van der Waals surface area contributed by atoms with Crippen molar-refractivity contribution in [1.29, 1.82) is 0 Å². The Balaban J connectivity index is 1.66. The molecule has 0 saturated heterocycles. The molecule has 2 heterocycles. The Morgan fingerprint density at radius 3 is 2.69 bits per heavy atom. The van der Waals surface area contributed by atoms with E-state index in [1.807, 2.05) is 6.07 Å². The minimum absolute atomic E-state index is 0.0109. The number of carbonyl (C=O) groups excluding carboxylic acids is 1. The average molecular weight is 511 g/mol. The predicted molar refractivity (Wildman–Crippen MR) is 145 cm³/mol. The van der Waals surface area contributed by atoms with Gasteiger partial charge in [0, 0.05) is 31.0 Å². The van der Waals surface area contributed by atoms with Crippen LogP contribution in [0.3, 0.4) is 0 Å². The van der Waals surface area contributed by atoms with Gasteiger partial charge in [0.15, 0.2) is 5.82 Å². The first-order chi connectivity index (χ1) is 17.1. The van der Waals surface area contributed by atoms with Gasteiger partial charge in [0.2, 0.25) is 5.95 Å². The third kappa shape index (κ3) is 5.23. The second-order valence-corrected chi connectivity index (χ2v) is 10.3. The van der Waals surface area contributed by atoms with E-state index in [2.05, 4.69) is 70.6 Å². The van der Waals surface area contributed by atoms with E-state index in [1.165, 1.54) is 42.7 Å². The first-order valence-electron chi connectivity index (χ1n) is 12.1. The number of nitrogens with zero attached hydrogens (tertiary/aromatic N) is 3. The third-order valence-corrected chi connectivity index (χ3v) is 6.87. The van der Waals surface area contributed by atoms with E-state index in [0.29, 0.717) is 12.0 Å². The highest BCUT2D eigenvalue weighted by Crippen LogP contribution is 2.41. The molecule has 0 atom stereocenters. The monoisotopic (exact) mass is 510 g/mol. The molecule has 0 radical (unpaired) electrons. The zero-order chi connectivity index (χ0) is 26.0. The molecule has 36 heavy (non-hydrogen) atoms. The second kappa shape index (κ2) is 10.3. The Kier molecular flexibility index (Phi) is 7.36. The number of benzene rings is 2. The number of anilines is 5. The quantitative estimate of drug-likeness (QED) is 0.356. The lowest BCUT2D eigenvalue weighted by Crippen LogP contribution is -2.31. The van der Waals surface area contributed by atoms with Crippen molar-refractivity contribution < 1.29 is 9.18 Å². The van der Waals surface area contributed by atoms with E-state index < -0.39 is 11.7 Å². The van der Waals surface area contributed by atoms with E-state index in [4.69, 9.17) is 11.6 Å². The summed E-state index contributed by atoms with van der Waals surface area (Å²) in [5.41, 5.74) is 3.56. The Bertz CT molecular complexity index is 1280. The van der Waals surface area contributed by atoms with Crippen LogP contribution in [0.15, 0.2) is 42.6 Å². The number of para-hydroxylation sites is 1. The van der Waals surface area contributed by atoms with Gasteiger partial charge in [0.25, 0.3) is 5.91 Å². The molecule has 1 aliphatic heterocycles. The fourth-order valence-electron chi connectivity index (χ4n) is 4.64. The fraction of sp³-hybridized carbons (Fsp3) is 0.370. The summed E-state index contributed by atoms with van der Waals surface area (Å²) in [4.78, 5) is 23.4. The molecule has 190 valence electrons. The van der Waals surface area contributed by atoms with Gasteiger partial charge < -0.3 is 20.9 Å². The van der Waals surface area contributed by atoms with Crippen molar-refractivity contribution in [1.82, 2.24) is 15.3 Å². The molecule has 0 spiro atoms. The molecular formula is C27H32ClFN6O. The van der Waals surface area contributed by atoms with Gasteiger partial charge in [-0.05, 0) is 61.9 Å². The number of rotatable bonds is 6. The molecule has 7 nitrogen and oxygen atoms in total. The van der Waals surface area contributed by atoms with Crippen molar-refractivity contribution >= 4 is 46.3 Å². The number of carbonyl (C=O) groups is 1. The summed E-state index contributed by atoms with van der Waals surface area (Å²) in [5, 5.41) is 8.84. The van der Waals surface area contributed by atoms with Gasteiger partial charge in [0.1, 0.15) is 10.8 Å². The van der Waals surface area contributed by atoms with Gasteiger partial charge in [-0.15, -0.1) is 0 Å². The maximum absolute atomic E-state index is 14.6. The summed E-state index contributed by atoms with van der Waals surface area (Å²) < 4.78 is 14.6. The third-order valence-electron chi connectivity index (χ3n) is 6.59. The maximum Gasteiger partial charge on any atom is 0.253 e. The standard InChI is InChI=1S/C27H32ClFN6O/c1-16(2)35-13-7-12-27(3,4)19-11-10-17(14-22(19)35)32-26-31-15-20(28)24(34-26)33-23-18(25(36)30-5)8-6-9-21(23)29/h6,8-11,14-16H,7,12-13H2,1-5H3,(H,30,36)(H2,31,32,33,34). The largest absolute Gasteiger partial charge is 0.369 e. The molecule has 0 aliphatic carbocycles. The van der Waals surface area contributed by atoms with Gasteiger partial charge in [-0.2, -0.15) is 4.98 Å². The summed E-state index contributed by atoms with van der Waals surface area (Å²) in [6.07, 6.45) is 3.69. The van der Waals surface area contributed by atoms with Gasteiger partial charge in [-0.3, -0.25) is 4.79 Å². The van der Waals surface area contributed by atoms with E-state index in [9.17, 15) is 9.18 Å². The molecule has 1 aliphatic rings. The molecule has 9 heteroatoms. The lowest BCUT2D eigenvalue weighted by atomic mass is 9.80. The number of aromatic nitrogens is 2. The number of halogens is 2. The first-order valence-corrected chi connectivity index (χ1v) is 12.5. The molecule has 0 saturated carbocycles. The molecule has 0 fully saturated rings. The zero-order valence-corrected chi connectivity index (χ0v) is 22.0. The summed E-state index contributed by atoms with van der Waals surface area (Å²) in [6, 6.07) is 11.0. The van der Waals surface area contributed by atoms with Crippen LogP contribution >= 0.6 is 11.6 Å². The number of hydrogen-bond donors (Lipinski definition) is 3. The van der Waals surface area contributed by atoms with Crippen LogP contribution in [0.4, 0.5) is 33.2 Å². The predicted octanol–water partition coefficient (Wildman–Crippen LogP) is 6.40. The normalized spacial score (nSPS) is 14.7. The molecule has 0 bridgehead atoms. The van der Waals surface area contributed by atoms with Crippen molar-refractivity contribution in [3.05, 3.63) is 64.6 Å². The lowest BCUT2D eigenvalue weighted by molar-refractivity contribution is 0.0963.